The van der Waals surface area contributed by atoms with E-state index in [9.17, 15) is 9.59 Å². The minimum Gasteiger partial charge on any atom is -0.457 e. The van der Waals surface area contributed by atoms with Crippen molar-refractivity contribution >= 4 is 28.5 Å². The number of anilines is 1. The van der Waals surface area contributed by atoms with Crippen molar-refractivity contribution in [1.29, 1.82) is 0 Å². The summed E-state index contributed by atoms with van der Waals surface area (Å²) < 4.78 is 10.6. The van der Waals surface area contributed by atoms with Gasteiger partial charge in [-0.3, -0.25) is 9.59 Å². The normalized spacial score (nSPS) is 15.9. The van der Waals surface area contributed by atoms with Crippen LogP contribution in [0.3, 0.4) is 0 Å². The van der Waals surface area contributed by atoms with Crippen LogP contribution in [-0.4, -0.2) is 79.2 Å². The van der Waals surface area contributed by atoms with Crippen LogP contribution >= 0.6 is 0 Å². The number of likely N-dealkylation sites (N-methyl/N-ethyl adjacent to an activating group) is 1. The standard InChI is InChI=1S/C34H36N4O4/c1-4-28(39)18-26-17-25(6-5-22(26)2)32-30-15-23(16-31(40)42-29-20-41-21-29)19-35-34(30)36-33(32)24-7-9-27(10-8-24)38-13-11-37(3)12-14-38/h4-10,15,17,19,29H,1,11-14,16,18,20-21H2,2-3H3,(H,35,36). The molecule has 2 aromatic carbocycles. The molecule has 1 N–H and O–H groups in total. The molecule has 0 saturated carbocycles. The second-order valence-corrected chi connectivity index (χ2v) is 11.3. The van der Waals surface area contributed by atoms with Crippen LogP contribution in [0.2, 0.25) is 0 Å². The van der Waals surface area contributed by atoms with Gasteiger partial charge < -0.3 is 24.3 Å². The number of carbonyl (C=O) groups excluding carboxylic acids is 2. The van der Waals surface area contributed by atoms with Gasteiger partial charge in [0.1, 0.15) is 11.8 Å². The number of ether oxygens (including phenoxy) is 2. The monoisotopic (exact) mass is 564 g/mol. The average Bonchev–Trinajstić information content (AvgIpc) is 3.35. The molecule has 2 fully saturated rings. The molecule has 42 heavy (non-hydrogen) atoms. The number of piperazine rings is 1. The number of ketones is 1. The van der Waals surface area contributed by atoms with E-state index in [4.69, 9.17) is 14.5 Å². The Morgan fingerprint density at radius 1 is 1.05 bits per heavy atom. The highest BCUT2D eigenvalue weighted by atomic mass is 16.6. The largest absolute Gasteiger partial charge is 0.457 e. The van der Waals surface area contributed by atoms with Crippen LogP contribution < -0.4 is 4.90 Å². The summed E-state index contributed by atoms with van der Waals surface area (Å²) in [5, 5.41) is 0.912. The maximum atomic E-state index is 12.6. The van der Waals surface area contributed by atoms with E-state index in [-0.39, 0.29) is 24.3 Å². The van der Waals surface area contributed by atoms with Gasteiger partial charge in [0.15, 0.2) is 5.78 Å². The Kier molecular flexibility index (Phi) is 7.91. The molecule has 0 spiro atoms. The first-order chi connectivity index (χ1) is 20.4. The van der Waals surface area contributed by atoms with Crippen LogP contribution in [0.4, 0.5) is 5.69 Å². The Bertz CT molecular complexity index is 1630. The maximum Gasteiger partial charge on any atom is 0.310 e. The van der Waals surface area contributed by atoms with Crippen LogP contribution in [0, 0.1) is 6.92 Å². The van der Waals surface area contributed by atoms with Gasteiger partial charge >= 0.3 is 5.97 Å². The fourth-order valence-electron chi connectivity index (χ4n) is 5.58. The minimum atomic E-state index is -0.290. The number of esters is 1. The Morgan fingerprint density at radius 3 is 2.48 bits per heavy atom. The van der Waals surface area contributed by atoms with Crippen molar-refractivity contribution in [2.24, 2.45) is 0 Å². The predicted octanol–water partition coefficient (Wildman–Crippen LogP) is 4.74. The van der Waals surface area contributed by atoms with Crippen LogP contribution in [0.25, 0.3) is 33.4 Å². The SMILES string of the molecule is C=CC(=O)Cc1cc(-c2c(-c3ccc(N4CCN(C)CC4)cc3)[nH]c3ncc(CC(=O)OC4COC4)cc23)ccc1C. The summed E-state index contributed by atoms with van der Waals surface area (Å²) in [5.41, 5.74) is 8.67. The first-order valence-corrected chi connectivity index (χ1v) is 14.4. The lowest BCUT2D eigenvalue weighted by molar-refractivity contribution is -0.171. The molecule has 0 bridgehead atoms. The molecule has 2 saturated heterocycles. The molecule has 4 aromatic rings. The van der Waals surface area contributed by atoms with Crippen LogP contribution in [0.5, 0.6) is 0 Å². The molecular weight excluding hydrogens is 528 g/mol. The topological polar surface area (TPSA) is 87.8 Å². The van der Waals surface area contributed by atoms with Crippen molar-refractivity contribution in [2.45, 2.75) is 25.9 Å². The Balaban J connectivity index is 1.40. The van der Waals surface area contributed by atoms with E-state index in [1.807, 2.05) is 13.0 Å². The highest BCUT2D eigenvalue weighted by Gasteiger charge is 2.24. The lowest BCUT2D eigenvalue weighted by atomic mass is 9.93. The molecular formula is C34H36N4O4. The van der Waals surface area contributed by atoms with Crippen LogP contribution in [-0.2, 0) is 31.9 Å². The van der Waals surface area contributed by atoms with E-state index in [1.54, 1.807) is 6.20 Å². The van der Waals surface area contributed by atoms with Gasteiger partial charge in [-0.2, -0.15) is 0 Å². The number of aryl methyl sites for hydroxylation is 1. The van der Waals surface area contributed by atoms with Gasteiger partial charge in [-0.15, -0.1) is 0 Å². The van der Waals surface area contributed by atoms with Crippen molar-refractivity contribution < 1.29 is 19.1 Å². The average molecular weight is 565 g/mol. The Morgan fingerprint density at radius 2 is 1.79 bits per heavy atom. The number of nitrogens with one attached hydrogen (secondary N) is 1. The number of rotatable bonds is 9. The maximum absolute atomic E-state index is 12.6. The highest BCUT2D eigenvalue weighted by molar-refractivity contribution is 6.03. The molecule has 216 valence electrons. The lowest BCUT2D eigenvalue weighted by Crippen LogP contribution is -2.44. The molecule has 4 heterocycles. The molecule has 2 aliphatic heterocycles. The van der Waals surface area contributed by atoms with Crippen molar-refractivity contribution in [2.75, 3.05) is 51.3 Å². The van der Waals surface area contributed by atoms with E-state index in [1.165, 1.54) is 11.8 Å². The zero-order chi connectivity index (χ0) is 29.2. The summed E-state index contributed by atoms with van der Waals surface area (Å²) in [6.07, 6.45) is 3.36. The van der Waals surface area contributed by atoms with E-state index in [0.717, 1.165) is 76.3 Å². The number of carbonyl (C=O) groups is 2. The molecule has 8 heteroatoms. The molecule has 0 atom stereocenters. The number of hydrogen-bond donors (Lipinski definition) is 1. The molecule has 8 nitrogen and oxygen atoms in total. The second kappa shape index (κ2) is 11.9. The van der Waals surface area contributed by atoms with Crippen molar-refractivity contribution in [3.63, 3.8) is 0 Å². The second-order valence-electron chi connectivity index (χ2n) is 11.3. The molecule has 0 radical (unpaired) electrons. The number of nitrogens with zero attached hydrogens (tertiary/aromatic N) is 3. The number of aromatic nitrogens is 2. The van der Waals surface area contributed by atoms with E-state index in [2.05, 4.69) is 70.9 Å². The van der Waals surface area contributed by atoms with Gasteiger partial charge in [-0.05, 0) is 66.1 Å². The fraction of sp³-hybridized carbons (Fsp3) is 0.324. The Hall–Kier alpha value is -4.27. The van der Waals surface area contributed by atoms with Crippen molar-refractivity contribution in [3.05, 3.63) is 84.1 Å². The summed E-state index contributed by atoms with van der Waals surface area (Å²) in [5.74, 6) is -0.310. The molecule has 0 aliphatic carbocycles. The van der Waals surface area contributed by atoms with Gasteiger partial charge in [0.25, 0.3) is 0 Å². The molecule has 0 amide bonds. The van der Waals surface area contributed by atoms with E-state index in [0.29, 0.717) is 19.6 Å². The highest BCUT2D eigenvalue weighted by Crippen LogP contribution is 2.39. The summed E-state index contributed by atoms with van der Waals surface area (Å²) in [7, 11) is 2.16. The van der Waals surface area contributed by atoms with Gasteiger partial charge in [-0.1, -0.05) is 36.9 Å². The zero-order valence-corrected chi connectivity index (χ0v) is 24.2. The lowest BCUT2D eigenvalue weighted by Gasteiger charge is -2.34. The molecule has 2 aliphatic rings. The van der Waals surface area contributed by atoms with Gasteiger partial charge in [0.05, 0.1) is 25.3 Å². The molecule has 6 rings (SSSR count). The van der Waals surface area contributed by atoms with E-state index < -0.39 is 0 Å². The number of fused-ring (bicyclic) bond motifs is 1. The third kappa shape index (κ3) is 5.86. The van der Waals surface area contributed by atoms with Crippen LogP contribution in [0.1, 0.15) is 16.7 Å². The first-order valence-electron chi connectivity index (χ1n) is 14.4. The van der Waals surface area contributed by atoms with Crippen molar-refractivity contribution in [3.8, 4) is 22.4 Å². The zero-order valence-electron chi connectivity index (χ0n) is 24.2. The van der Waals surface area contributed by atoms with E-state index >= 15 is 0 Å². The number of hydrogen-bond acceptors (Lipinski definition) is 7. The van der Waals surface area contributed by atoms with Gasteiger partial charge in [0, 0.05) is 55.4 Å². The third-order valence-corrected chi connectivity index (χ3v) is 8.22. The molecule has 0 unspecified atom stereocenters. The number of H-pyrrole nitrogens is 1. The fourth-order valence-corrected chi connectivity index (χ4v) is 5.58. The Labute approximate surface area is 245 Å². The number of aromatic amines is 1. The number of allylic oxidation sites excluding steroid dienone is 1. The van der Waals surface area contributed by atoms with Gasteiger partial charge in [-0.25, -0.2) is 4.98 Å². The van der Waals surface area contributed by atoms with Crippen molar-refractivity contribution in [1.82, 2.24) is 14.9 Å². The summed E-state index contributed by atoms with van der Waals surface area (Å²) in [4.78, 5) is 37.9. The molecule has 2 aromatic heterocycles. The first kappa shape index (κ1) is 27.9. The minimum absolute atomic E-state index is 0.0202. The predicted molar refractivity (Wildman–Crippen MR) is 165 cm³/mol. The summed E-state index contributed by atoms with van der Waals surface area (Å²) in [6.45, 7) is 10.7. The van der Waals surface area contributed by atoms with Crippen LogP contribution in [0.15, 0.2) is 67.4 Å². The van der Waals surface area contributed by atoms with Gasteiger partial charge in [0.2, 0.25) is 0 Å². The summed E-state index contributed by atoms with van der Waals surface area (Å²) >= 11 is 0. The third-order valence-electron chi connectivity index (χ3n) is 8.22. The number of benzene rings is 2. The smallest absolute Gasteiger partial charge is 0.310 e. The quantitative estimate of drug-likeness (QED) is 0.232. The summed E-state index contributed by atoms with van der Waals surface area (Å²) in [6, 6.07) is 16.9. The number of pyridine rings is 1.